The minimum absolute atomic E-state index is 0.0688. The standard InChI is InChI=1S/C16H14N2O2/c1-11(2)8-16(19)20-15-6-4-13(5-7-15)12(3)14(9-17)10-18/h4-8H,1-3H3. The number of esters is 1. The van der Waals surface area contributed by atoms with Gasteiger partial charge in [0.2, 0.25) is 0 Å². The van der Waals surface area contributed by atoms with E-state index in [1.807, 2.05) is 26.0 Å². The monoisotopic (exact) mass is 266 g/mol. The van der Waals surface area contributed by atoms with Crippen LogP contribution in [0.1, 0.15) is 26.3 Å². The Morgan fingerprint density at radius 2 is 1.65 bits per heavy atom. The number of ether oxygens (including phenoxy) is 1. The fourth-order valence-electron chi connectivity index (χ4n) is 1.49. The molecule has 1 aromatic rings. The number of hydrogen-bond acceptors (Lipinski definition) is 4. The molecular formula is C16H14N2O2. The number of carbonyl (C=O) groups excluding carboxylic acids is 1. The van der Waals surface area contributed by atoms with Crippen molar-refractivity contribution in [1.82, 2.24) is 0 Å². The molecule has 0 N–H and O–H groups in total. The second-order valence-corrected chi connectivity index (χ2v) is 4.39. The van der Waals surface area contributed by atoms with Crippen molar-refractivity contribution < 1.29 is 9.53 Å². The van der Waals surface area contributed by atoms with E-state index in [1.165, 1.54) is 6.08 Å². The molecule has 1 aromatic carbocycles. The van der Waals surface area contributed by atoms with E-state index in [-0.39, 0.29) is 5.57 Å². The van der Waals surface area contributed by atoms with Crippen molar-refractivity contribution in [3.8, 4) is 17.9 Å². The van der Waals surface area contributed by atoms with Gasteiger partial charge in [0.05, 0.1) is 0 Å². The molecule has 0 radical (unpaired) electrons. The molecular weight excluding hydrogens is 252 g/mol. The van der Waals surface area contributed by atoms with Crippen molar-refractivity contribution in [2.45, 2.75) is 20.8 Å². The average Bonchev–Trinajstić information content (AvgIpc) is 2.39. The summed E-state index contributed by atoms with van der Waals surface area (Å²) in [5, 5.41) is 17.6. The highest BCUT2D eigenvalue weighted by atomic mass is 16.5. The molecule has 0 spiro atoms. The summed E-state index contributed by atoms with van der Waals surface area (Å²) in [5.74, 6) is -0.0146. The fourth-order valence-corrected chi connectivity index (χ4v) is 1.49. The molecule has 0 saturated carbocycles. The lowest BCUT2D eigenvalue weighted by Crippen LogP contribution is -2.04. The largest absolute Gasteiger partial charge is 0.423 e. The van der Waals surface area contributed by atoms with Crippen LogP contribution in [0.25, 0.3) is 5.57 Å². The van der Waals surface area contributed by atoms with E-state index < -0.39 is 5.97 Å². The van der Waals surface area contributed by atoms with Crippen molar-refractivity contribution in [3.05, 3.63) is 47.1 Å². The van der Waals surface area contributed by atoms with E-state index in [1.54, 1.807) is 31.2 Å². The van der Waals surface area contributed by atoms with Gasteiger partial charge >= 0.3 is 5.97 Å². The molecule has 0 aromatic heterocycles. The van der Waals surface area contributed by atoms with Gasteiger partial charge in [0.25, 0.3) is 0 Å². The summed E-state index contributed by atoms with van der Waals surface area (Å²) >= 11 is 0. The van der Waals surface area contributed by atoms with Crippen LogP contribution < -0.4 is 4.74 Å². The molecule has 0 fully saturated rings. The number of nitriles is 2. The maximum absolute atomic E-state index is 11.4. The quantitative estimate of drug-likeness (QED) is 0.364. The van der Waals surface area contributed by atoms with Crippen LogP contribution in [0.2, 0.25) is 0 Å². The molecule has 0 atom stereocenters. The highest BCUT2D eigenvalue weighted by Gasteiger charge is 2.05. The van der Waals surface area contributed by atoms with Crippen LogP contribution in [-0.4, -0.2) is 5.97 Å². The fraction of sp³-hybridized carbons (Fsp3) is 0.188. The molecule has 1 rings (SSSR count). The number of rotatable bonds is 3. The van der Waals surface area contributed by atoms with E-state index in [2.05, 4.69) is 0 Å². The van der Waals surface area contributed by atoms with Crippen LogP contribution in [0.4, 0.5) is 0 Å². The zero-order chi connectivity index (χ0) is 15.1. The second-order valence-electron chi connectivity index (χ2n) is 4.39. The Morgan fingerprint density at radius 3 is 2.10 bits per heavy atom. The zero-order valence-electron chi connectivity index (χ0n) is 11.6. The smallest absolute Gasteiger partial charge is 0.336 e. The third-order valence-corrected chi connectivity index (χ3v) is 2.51. The topological polar surface area (TPSA) is 73.9 Å². The number of hydrogen-bond donors (Lipinski definition) is 0. The van der Waals surface area contributed by atoms with Crippen molar-refractivity contribution in [3.63, 3.8) is 0 Å². The molecule has 20 heavy (non-hydrogen) atoms. The lowest BCUT2D eigenvalue weighted by Gasteiger charge is -2.04. The molecule has 0 saturated heterocycles. The molecule has 100 valence electrons. The van der Waals surface area contributed by atoms with Gasteiger partial charge in [-0.25, -0.2) is 4.79 Å². The molecule has 0 amide bonds. The molecule has 0 aliphatic heterocycles. The minimum Gasteiger partial charge on any atom is -0.423 e. The molecule has 4 nitrogen and oxygen atoms in total. The summed E-state index contributed by atoms with van der Waals surface area (Å²) in [5.41, 5.74) is 2.26. The van der Waals surface area contributed by atoms with Gasteiger partial charge in [-0.1, -0.05) is 17.7 Å². The average molecular weight is 266 g/mol. The van der Waals surface area contributed by atoms with Crippen molar-refractivity contribution in [2.75, 3.05) is 0 Å². The Morgan fingerprint density at radius 1 is 1.10 bits per heavy atom. The van der Waals surface area contributed by atoms with Crippen molar-refractivity contribution in [2.24, 2.45) is 0 Å². The lowest BCUT2D eigenvalue weighted by atomic mass is 10.0. The van der Waals surface area contributed by atoms with Crippen LogP contribution in [0, 0.1) is 22.7 Å². The molecule has 4 heteroatoms. The third-order valence-electron chi connectivity index (χ3n) is 2.51. The summed E-state index contributed by atoms with van der Waals surface area (Å²) in [6.07, 6.45) is 1.41. The summed E-state index contributed by atoms with van der Waals surface area (Å²) in [4.78, 5) is 11.4. The number of benzene rings is 1. The Kier molecular flexibility index (Phi) is 5.26. The van der Waals surface area contributed by atoms with Gasteiger partial charge in [-0.2, -0.15) is 10.5 Å². The number of nitrogens with zero attached hydrogens (tertiary/aromatic N) is 2. The minimum atomic E-state index is -0.431. The SMILES string of the molecule is CC(C)=CC(=O)Oc1ccc(C(C)=C(C#N)C#N)cc1. The van der Waals surface area contributed by atoms with Crippen molar-refractivity contribution in [1.29, 1.82) is 10.5 Å². The number of allylic oxidation sites excluding steroid dienone is 3. The molecule has 0 aliphatic rings. The van der Waals surface area contributed by atoms with Crippen LogP contribution >= 0.6 is 0 Å². The van der Waals surface area contributed by atoms with E-state index >= 15 is 0 Å². The maximum Gasteiger partial charge on any atom is 0.336 e. The predicted octanol–water partition coefficient (Wildman–Crippen LogP) is 3.38. The van der Waals surface area contributed by atoms with Gasteiger partial charge in [-0.15, -0.1) is 0 Å². The highest BCUT2D eigenvalue weighted by molar-refractivity contribution is 5.84. The Bertz CT molecular complexity index is 633. The Hall–Kier alpha value is -2.85. The van der Waals surface area contributed by atoms with Gasteiger partial charge in [-0.05, 0) is 44.0 Å². The molecule has 0 unspecified atom stereocenters. The van der Waals surface area contributed by atoms with Gasteiger partial charge in [0.1, 0.15) is 23.5 Å². The van der Waals surface area contributed by atoms with E-state index in [0.29, 0.717) is 11.3 Å². The predicted molar refractivity (Wildman–Crippen MR) is 75.3 cm³/mol. The third kappa shape index (κ3) is 4.12. The zero-order valence-corrected chi connectivity index (χ0v) is 11.6. The summed E-state index contributed by atoms with van der Waals surface area (Å²) in [6.45, 7) is 5.32. The first-order valence-electron chi connectivity index (χ1n) is 5.96. The van der Waals surface area contributed by atoms with Crippen LogP contribution in [0.5, 0.6) is 5.75 Å². The van der Waals surface area contributed by atoms with Gasteiger partial charge in [0, 0.05) is 6.08 Å². The van der Waals surface area contributed by atoms with Crippen LogP contribution in [-0.2, 0) is 4.79 Å². The van der Waals surface area contributed by atoms with E-state index in [9.17, 15) is 4.79 Å². The van der Waals surface area contributed by atoms with E-state index in [4.69, 9.17) is 15.3 Å². The summed E-state index contributed by atoms with van der Waals surface area (Å²) in [7, 11) is 0. The molecule has 0 heterocycles. The van der Waals surface area contributed by atoms with Crippen LogP contribution in [0.3, 0.4) is 0 Å². The summed E-state index contributed by atoms with van der Waals surface area (Å²) in [6, 6.07) is 10.3. The van der Waals surface area contributed by atoms with Crippen molar-refractivity contribution >= 4 is 11.5 Å². The first-order chi connectivity index (χ1) is 9.47. The normalized spacial score (nSPS) is 8.85. The highest BCUT2D eigenvalue weighted by Crippen LogP contribution is 2.21. The van der Waals surface area contributed by atoms with Gasteiger partial charge in [0.15, 0.2) is 0 Å². The Labute approximate surface area is 118 Å². The van der Waals surface area contributed by atoms with Gasteiger partial charge < -0.3 is 4.74 Å². The first-order valence-corrected chi connectivity index (χ1v) is 5.96. The molecule has 0 bridgehead atoms. The second kappa shape index (κ2) is 6.92. The molecule has 0 aliphatic carbocycles. The van der Waals surface area contributed by atoms with Crippen LogP contribution in [0.15, 0.2) is 41.5 Å². The Balaban J connectivity index is 2.94. The van der Waals surface area contributed by atoms with E-state index in [0.717, 1.165) is 11.1 Å². The lowest BCUT2D eigenvalue weighted by molar-refractivity contribution is -0.129. The number of carbonyl (C=O) groups is 1. The first kappa shape index (κ1) is 15.2. The maximum atomic E-state index is 11.4. The van der Waals surface area contributed by atoms with Gasteiger partial charge in [-0.3, -0.25) is 0 Å². The summed E-state index contributed by atoms with van der Waals surface area (Å²) < 4.78 is 5.11.